The number of Topliss-reactive ketones (excluding diaryl/α,β-unsaturated/α-hetero) is 1. The van der Waals surface area contributed by atoms with Crippen molar-refractivity contribution in [2.24, 2.45) is 7.05 Å². The van der Waals surface area contributed by atoms with Gasteiger partial charge in [0.15, 0.2) is 5.78 Å². The van der Waals surface area contributed by atoms with Crippen molar-refractivity contribution in [1.82, 2.24) is 14.8 Å². The number of pyridine rings is 1. The summed E-state index contributed by atoms with van der Waals surface area (Å²) < 4.78 is 20.8. The number of halogens is 1. The van der Waals surface area contributed by atoms with E-state index in [1.54, 1.807) is 47.5 Å². The quantitative estimate of drug-likeness (QED) is 0.424. The van der Waals surface area contributed by atoms with E-state index in [1.165, 1.54) is 12.1 Å². The summed E-state index contributed by atoms with van der Waals surface area (Å²) in [6.45, 7) is 0.236. The van der Waals surface area contributed by atoms with Crippen molar-refractivity contribution in [3.05, 3.63) is 102 Å². The average Bonchev–Trinajstić information content (AvgIpc) is 3.20. The predicted molar refractivity (Wildman–Crippen MR) is 112 cm³/mol. The molecule has 0 radical (unpaired) electrons. The van der Waals surface area contributed by atoms with Crippen molar-refractivity contribution < 1.29 is 13.9 Å². The normalized spacial score (nSPS) is 10.7. The zero-order valence-corrected chi connectivity index (χ0v) is 16.5. The number of hydrogen-bond donors (Lipinski definition) is 0. The summed E-state index contributed by atoms with van der Waals surface area (Å²) in [5, 5.41) is 4.20. The fourth-order valence-corrected chi connectivity index (χ4v) is 3.15. The van der Waals surface area contributed by atoms with E-state index in [2.05, 4.69) is 10.1 Å². The van der Waals surface area contributed by atoms with Gasteiger partial charge < -0.3 is 4.74 Å². The van der Waals surface area contributed by atoms with Gasteiger partial charge in [-0.15, -0.1) is 0 Å². The Labute approximate surface area is 173 Å². The van der Waals surface area contributed by atoms with E-state index in [0.29, 0.717) is 11.3 Å². The highest BCUT2D eigenvalue weighted by Gasteiger charge is 2.16. The smallest absolute Gasteiger partial charge is 0.171 e. The highest BCUT2D eigenvalue weighted by molar-refractivity contribution is 6.01. The minimum atomic E-state index is -0.299. The number of hydrogen-bond acceptors (Lipinski definition) is 4. The molecule has 0 unspecified atom stereocenters. The van der Waals surface area contributed by atoms with Gasteiger partial charge in [-0.05, 0) is 47.0 Å². The van der Waals surface area contributed by atoms with Gasteiger partial charge in [0, 0.05) is 37.6 Å². The molecule has 150 valence electrons. The lowest BCUT2D eigenvalue weighted by Crippen LogP contribution is -2.08. The third kappa shape index (κ3) is 4.60. The van der Waals surface area contributed by atoms with Crippen molar-refractivity contribution >= 4 is 5.78 Å². The molecule has 4 rings (SSSR count). The maximum Gasteiger partial charge on any atom is 0.171 e. The molecule has 0 aliphatic carbocycles. The van der Waals surface area contributed by atoms with Crippen LogP contribution in [-0.2, 0) is 20.1 Å². The van der Waals surface area contributed by atoms with Crippen LogP contribution < -0.4 is 4.74 Å². The molecule has 5 nitrogen and oxygen atoms in total. The molecular formula is C24H20FN3O2. The third-order valence-corrected chi connectivity index (χ3v) is 4.71. The number of benzene rings is 2. The van der Waals surface area contributed by atoms with Crippen LogP contribution in [0.5, 0.6) is 5.75 Å². The lowest BCUT2D eigenvalue weighted by atomic mass is 9.99. The zero-order chi connectivity index (χ0) is 20.9. The highest BCUT2D eigenvalue weighted by atomic mass is 19.1. The van der Waals surface area contributed by atoms with E-state index in [9.17, 15) is 9.18 Å². The Balaban J connectivity index is 1.63. The number of carbonyl (C=O) groups excluding carboxylic acids is 1. The number of ether oxygens (including phenoxy) is 1. The molecule has 0 aliphatic rings. The minimum Gasteiger partial charge on any atom is -0.488 e. The Morgan fingerprint density at radius 2 is 1.87 bits per heavy atom. The van der Waals surface area contributed by atoms with Crippen molar-refractivity contribution in [2.45, 2.75) is 13.0 Å². The summed E-state index contributed by atoms with van der Waals surface area (Å²) in [6.07, 6.45) is 7.22. The van der Waals surface area contributed by atoms with Gasteiger partial charge in [0.05, 0.1) is 11.8 Å². The maximum absolute atomic E-state index is 13.1. The van der Waals surface area contributed by atoms with Crippen molar-refractivity contribution in [1.29, 1.82) is 0 Å². The molecule has 2 heterocycles. The van der Waals surface area contributed by atoms with Crippen molar-refractivity contribution in [3.8, 4) is 16.9 Å². The van der Waals surface area contributed by atoms with E-state index >= 15 is 0 Å². The second-order valence-electron chi connectivity index (χ2n) is 6.99. The van der Waals surface area contributed by atoms with Crippen LogP contribution in [0.25, 0.3) is 11.1 Å². The predicted octanol–water partition coefficient (Wildman–Crippen LogP) is 4.63. The van der Waals surface area contributed by atoms with Gasteiger partial charge >= 0.3 is 0 Å². The molecule has 0 spiro atoms. The first-order valence-corrected chi connectivity index (χ1v) is 9.51. The molecule has 0 N–H and O–H groups in total. The number of rotatable bonds is 7. The molecule has 0 amide bonds. The van der Waals surface area contributed by atoms with Crippen LogP contribution in [0.2, 0.25) is 0 Å². The van der Waals surface area contributed by atoms with Crippen LogP contribution in [-0.4, -0.2) is 20.5 Å². The van der Waals surface area contributed by atoms with Crippen LogP contribution in [0.3, 0.4) is 0 Å². The summed E-state index contributed by atoms with van der Waals surface area (Å²) in [4.78, 5) is 17.2. The number of carbonyl (C=O) groups is 1. The lowest BCUT2D eigenvalue weighted by molar-refractivity contribution is 0.0988. The first-order valence-electron chi connectivity index (χ1n) is 9.51. The zero-order valence-electron chi connectivity index (χ0n) is 16.5. The van der Waals surface area contributed by atoms with Crippen molar-refractivity contribution in [3.63, 3.8) is 0 Å². The number of nitrogens with zero attached hydrogens (tertiary/aromatic N) is 3. The molecular weight excluding hydrogens is 381 g/mol. The lowest BCUT2D eigenvalue weighted by Gasteiger charge is -2.13. The molecule has 0 aliphatic heterocycles. The van der Waals surface area contributed by atoms with Crippen molar-refractivity contribution in [2.75, 3.05) is 0 Å². The second-order valence-corrected chi connectivity index (χ2v) is 6.99. The second kappa shape index (κ2) is 8.69. The third-order valence-electron chi connectivity index (χ3n) is 4.71. The number of ketones is 1. The van der Waals surface area contributed by atoms with Gasteiger partial charge in [-0.1, -0.05) is 24.3 Å². The van der Waals surface area contributed by atoms with Gasteiger partial charge in [-0.25, -0.2) is 4.39 Å². The fraction of sp³-hybridized carbons (Fsp3) is 0.125. The molecule has 4 aromatic rings. The van der Waals surface area contributed by atoms with Crippen LogP contribution >= 0.6 is 0 Å². The molecule has 6 heteroatoms. The molecule has 0 bridgehead atoms. The largest absolute Gasteiger partial charge is 0.488 e. The van der Waals surface area contributed by atoms with Gasteiger partial charge in [0.25, 0.3) is 0 Å². The van der Waals surface area contributed by atoms with E-state index in [1.807, 2.05) is 31.4 Å². The molecule has 0 fully saturated rings. The SMILES string of the molecule is Cn1cc(-c2ccc(OCc3ccc(F)cc3)c(C(=O)Cc3cccnc3)c2)cn1. The summed E-state index contributed by atoms with van der Waals surface area (Å²) >= 11 is 0. The monoisotopic (exact) mass is 401 g/mol. The molecule has 2 aromatic carbocycles. The van der Waals surface area contributed by atoms with E-state index in [-0.39, 0.29) is 24.6 Å². The van der Waals surface area contributed by atoms with E-state index in [4.69, 9.17) is 4.74 Å². The van der Waals surface area contributed by atoms with E-state index in [0.717, 1.165) is 22.3 Å². The summed E-state index contributed by atoms with van der Waals surface area (Å²) in [7, 11) is 1.85. The standard InChI is InChI=1S/C24H20FN3O2/c1-28-15-20(14-27-28)19-6-9-24(30-16-17-4-7-21(25)8-5-17)22(12-19)23(29)11-18-3-2-10-26-13-18/h2-10,12-15H,11,16H2,1H3. The summed E-state index contributed by atoms with van der Waals surface area (Å²) in [6, 6.07) is 15.3. The Hall–Kier alpha value is -3.80. The fourth-order valence-electron chi connectivity index (χ4n) is 3.15. The average molecular weight is 401 g/mol. The Kier molecular flexibility index (Phi) is 5.66. The van der Waals surface area contributed by atoms with Gasteiger partial charge in [-0.2, -0.15) is 5.10 Å². The molecule has 30 heavy (non-hydrogen) atoms. The number of aryl methyl sites for hydroxylation is 1. The van der Waals surface area contributed by atoms with Crippen LogP contribution in [0.1, 0.15) is 21.5 Å². The Morgan fingerprint density at radius 3 is 2.57 bits per heavy atom. The minimum absolute atomic E-state index is 0.0668. The maximum atomic E-state index is 13.1. The molecule has 0 saturated carbocycles. The first kappa shape index (κ1) is 19.5. The highest BCUT2D eigenvalue weighted by Crippen LogP contribution is 2.28. The molecule has 2 aromatic heterocycles. The summed E-state index contributed by atoms with van der Waals surface area (Å²) in [5.41, 5.74) is 3.93. The number of aromatic nitrogens is 3. The Morgan fingerprint density at radius 1 is 1.03 bits per heavy atom. The van der Waals surface area contributed by atoms with Gasteiger partial charge in [-0.3, -0.25) is 14.5 Å². The van der Waals surface area contributed by atoms with Gasteiger partial charge in [0.1, 0.15) is 18.2 Å². The van der Waals surface area contributed by atoms with Gasteiger partial charge in [0.2, 0.25) is 0 Å². The Bertz CT molecular complexity index is 1150. The first-order chi connectivity index (χ1) is 14.6. The molecule has 0 saturated heterocycles. The molecule has 0 atom stereocenters. The van der Waals surface area contributed by atoms with Crippen LogP contribution in [0.4, 0.5) is 4.39 Å². The van der Waals surface area contributed by atoms with E-state index < -0.39 is 0 Å². The van der Waals surface area contributed by atoms with Crippen LogP contribution in [0, 0.1) is 5.82 Å². The van der Waals surface area contributed by atoms with Crippen LogP contribution in [0.15, 0.2) is 79.4 Å². The topological polar surface area (TPSA) is 57.0 Å². The summed E-state index contributed by atoms with van der Waals surface area (Å²) in [5.74, 6) is 0.121.